The van der Waals surface area contributed by atoms with Gasteiger partial charge in [-0.2, -0.15) is 0 Å². The number of aliphatic hydroxyl groups is 1. The molecule has 1 aromatic carbocycles. The fourth-order valence-electron chi connectivity index (χ4n) is 2.20. The molecule has 0 aliphatic heterocycles. The van der Waals surface area contributed by atoms with Crippen LogP contribution >= 0.6 is 11.3 Å². The Morgan fingerprint density at radius 3 is 2.58 bits per heavy atom. The Balaban J connectivity index is 2.17. The Labute approximate surface area is 147 Å². The van der Waals surface area contributed by atoms with Crippen LogP contribution in [0, 0.1) is 6.92 Å². The SMILES string of the molecule is CCC(C)(CO)NCc1csc(N(C(C)=O)c2ccc(C)cc2)n1. The molecule has 0 saturated heterocycles. The fourth-order valence-corrected chi connectivity index (χ4v) is 3.08. The Bertz CT molecular complexity index is 678. The first-order valence-corrected chi connectivity index (χ1v) is 8.94. The lowest BCUT2D eigenvalue weighted by atomic mass is 10.0. The fraction of sp³-hybridized carbons (Fsp3) is 0.444. The van der Waals surface area contributed by atoms with Gasteiger partial charge < -0.3 is 10.4 Å². The van der Waals surface area contributed by atoms with E-state index in [1.54, 1.807) is 11.8 Å². The van der Waals surface area contributed by atoms with Crippen molar-refractivity contribution < 1.29 is 9.90 Å². The van der Waals surface area contributed by atoms with E-state index in [1.807, 2.05) is 50.4 Å². The van der Waals surface area contributed by atoms with Crippen LogP contribution in [-0.2, 0) is 11.3 Å². The number of anilines is 2. The van der Waals surface area contributed by atoms with Crippen molar-refractivity contribution in [2.24, 2.45) is 0 Å². The quantitative estimate of drug-likeness (QED) is 0.806. The number of carbonyl (C=O) groups excluding carboxylic acids is 1. The van der Waals surface area contributed by atoms with Crippen molar-refractivity contribution in [3.05, 3.63) is 40.9 Å². The lowest BCUT2D eigenvalue weighted by Gasteiger charge is -2.26. The van der Waals surface area contributed by atoms with Crippen LogP contribution in [0.2, 0.25) is 0 Å². The highest BCUT2D eigenvalue weighted by Crippen LogP contribution is 2.29. The van der Waals surface area contributed by atoms with Crippen LogP contribution in [0.5, 0.6) is 0 Å². The van der Waals surface area contributed by atoms with Crippen LogP contribution in [0.25, 0.3) is 0 Å². The van der Waals surface area contributed by atoms with Crippen LogP contribution in [0.1, 0.15) is 38.4 Å². The van der Waals surface area contributed by atoms with Gasteiger partial charge >= 0.3 is 0 Å². The van der Waals surface area contributed by atoms with Crippen molar-refractivity contribution in [2.45, 2.75) is 46.2 Å². The number of benzene rings is 1. The van der Waals surface area contributed by atoms with Gasteiger partial charge in [-0.3, -0.25) is 9.69 Å². The summed E-state index contributed by atoms with van der Waals surface area (Å²) in [5.74, 6) is -0.0681. The molecule has 6 heteroatoms. The molecule has 0 saturated carbocycles. The molecule has 0 fully saturated rings. The van der Waals surface area contributed by atoms with Gasteiger partial charge in [0.05, 0.1) is 18.0 Å². The number of amides is 1. The summed E-state index contributed by atoms with van der Waals surface area (Å²) in [6.07, 6.45) is 0.823. The topological polar surface area (TPSA) is 65.5 Å². The van der Waals surface area contributed by atoms with E-state index in [0.29, 0.717) is 11.7 Å². The first kappa shape index (κ1) is 18.6. The highest BCUT2D eigenvalue weighted by atomic mass is 32.1. The summed E-state index contributed by atoms with van der Waals surface area (Å²) in [6.45, 7) is 8.20. The number of aryl methyl sites for hydroxylation is 1. The van der Waals surface area contributed by atoms with E-state index in [9.17, 15) is 9.90 Å². The highest BCUT2D eigenvalue weighted by Gasteiger charge is 2.21. The molecule has 2 aromatic rings. The third kappa shape index (κ3) is 4.41. The second-order valence-corrected chi connectivity index (χ2v) is 7.07. The smallest absolute Gasteiger partial charge is 0.230 e. The molecule has 1 atom stereocenters. The van der Waals surface area contributed by atoms with Crippen molar-refractivity contribution in [2.75, 3.05) is 11.5 Å². The number of rotatable bonds is 7. The van der Waals surface area contributed by atoms with Crippen molar-refractivity contribution in [3.8, 4) is 0 Å². The van der Waals surface area contributed by atoms with Gasteiger partial charge in [0.2, 0.25) is 5.91 Å². The number of thiazole rings is 1. The van der Waals surface area contributed by atoms with Crippen molar-refractivity contribution in [1.29, 1.82) is 0 Å². The normalized spacial score (nSPS) is 13.5. The number of hydrogen-bond donors (Lipinski definition) is 2. The number of aromatic nitrogens is 1. The average Bonchev–Trinajstić information content (AvgIpc) is 3.03. The maximum atomic E-state index is 12.1. The molecular weight excluding hydrogens is 322 g/mol. The van der Waals surface area contributed by atoms with Gasteiger partial charge in [0, 0.05) is 24.4 Å². The molecule has 5 nitrogen and oxygen atoms in total. The van der Waals surface area contributed by atoms with Gasteiger partial charge in [-0.1, -0.05) is 24.6 Å². The summed E-state index contributed by atoms with van der Waals surface area (Å²) in [7, 11) is 0. The number of nitrogens with one attached hydrogen (secondary N) is 1. The number of aliphatic hydroxyl groups excluding tert-OH is 1. The van der Waals surface area contributed by atoms with Crippen molar-refractivity contribution in [3.63, 3.8) is 0 Å². The third-order valence-corrected chi connectivity index (χ3v) is 5.04. The maximum Gasteiger partial charge on any atom is 0.230 e. The van der Waals surface area contributed by atoms with Crippen LogP contribution in [0.4, 0.5) is 10.8 Å². The molecule has 0 radical (unpaired) electrons. The zero-order chi connectivity index (χ0) is 17.7. The van der Waals surface area contributed by atoms with Gasteiger partial charge in [0.15, 0.2) is 5.13 Å². The highest BCUT2D eigenvalue weighted by molar-refractivity contribution is 7.14. The lowest BCUT2D eigenvalue weighted by molar-refractivity contribution is -0.115. The molecule has 1 aromatic heterocycles. The minimum absolute atomic E-state index is 0.0681. The first-order chi connectivity index (χ1) is 11.4. The zero-order valence-corrected chi connectivity index (χ0v) is 15.5. The molecule has 130 valence electrons. The lowest BCUT2D eigenvalue weighted by Crippen LogP contribution is -2.44. The van der Waals surface area contributed by atoms with E-state index >= 15 is 0 Å². The predicted octanol–water partition coefficient (Wildman–Crippen LogP) is 3.39. The zero-order valence-electron chi connectivity index (χ0n) is 14.7. The summed E-state index contributed by atoms with van der Waals surface area (Å²) in [5, 5.41) is 15.4. The Morgan fingerprint density at radius 2 is 2.04 bits per heavy atom. The van der Waals surface area contributed by atoms with Gasteiger partial charge in [-0.25, -0.2) is 4.98 Å². The minimum Gasteiger partial charge on any atom is -0.394 e. The van der Waals surface area contributed by atoms with Crippen LogP contribution in [-0.4, -0.2) is 28.1 Å². The molecule has 0 spiro atoms. The first-order valence-electron chi connectivity index (χ1n) is 8.06. The summed E-state index contributed by atoms with van der Waals surface area (Å²) in [5.41, 5.74) is 2.51. The Kier molecular flexibility index (Phi) is 6.10. The Morgan fingerprint density at radius 1 is 1.38 bits per heavy atom. The van der Waals surface area contributed by atoms with Crippen molar-refractivity contribution in [1.82, 2.24) is 10.3 Å². The summed E-state index contributed by atoms with van der Waals surface area (Å²) in [6, 6.07) is 7.82. The van der Waals surface area contributed by atoms with Gasteiger partial charge in [-0.05, 0) is 32.4 Å². The molecule has 0 aliphatic rings. The number of hydrogen-bond acceptors (Lipinski definition) is 5. The van der Waals surface area contributed by atoms with E-state index in [1.165, 1.54) is 11.3 Å². The third-order valence-electron chi connectivity index (χ3n) is 4.16. The van der Waals surface area contributed by atoms with Crippen LogP contribution in [0.15, 0.2) is 29.6 Å². The van der Waals surface area contributed by atoms with Gasteiger partial charge in [0.25, 0.3) is 0 Å². The largest absolute Gasteiger partial charge is 0.394 e. The van der Waals surface area contributed by atoms with Crippen LogP contribution in [0.3, 0.4) is 0 Å². The molecule has 2 rings (SSSR count). The summed E-state index contributed by atoms with van der Waals surface area (Å²) >= 11 is 1.44. The molecule has 0 bridgehead atoms. The molecular formula is C18H25N3O2S. The molecule has 1 unspecified atom stereocenters. The monoisotopic (exact) mass is 347 g/mol. The Hall–Kier alpha value is -1.76. The van der Waals surface area contributed by atoms with E-state index in [-0.39, 0.29) is 18.1 Å². The average molecular weight is 347 g/mol. The van der Waals surface area contributed by atoms with E-state index in [0.717, 1.165) is 23.4 Å². The molecule has 0 aliphatic carbocycles. The number of nitrogens with zero attached hydrogens (tertiary/aromatic N) is 2. The molecule has 1 heterocycles. The summed E-state index contributed by atoms with van der Waals surface area (Å²) < 4.78 is 0. The van der Waals surface area contributed by atoms with Gasteiger partial charge in [0.1, 0.15) is 0 Å². The second-order valence-electron chi connectivity index (χ2n) is 6.24. The molecule has 2 N–H and O–H groups in total. The van der Waals surface area contributed by atoms with E-state index < -0.39 is 0 Å². The van der Waals surface area contributed by atoms with E-state index in [4.69, 9.17) is 0 Å². The standard InChI is InChI=1S/C18H25N3O2S/c1-5-18(4,12-22)19-10-15-11-24-17(20-15)21(14(3)23)16-8-6-13(2)7-9-16/h6-9,11,19,22H,5,10,12H2,1-4H3. The molecule has 24 heavy (non-hydrogen) atoms. The predicted molar refractivity (Wildman–Crippen MR) is 98.7 cm³/mol. The van der Waals surface area contributed by atoms with Crippen LogP contribution < -0.4 is 10.2 Å². The maximum absolute atomic E-state index is 12.1. The minimum atomic E-state index is -0.318. The summed E-state index contributed by atoms with van der Waals surface area (Å²) in [4.78, 5) is 18.3. The molecule has 1 amide bonds. The van der Waals surface area contributed by atoms with Crippen molar-refractivity contribution >= 4 is 28.1 Å². The van der Waals surface area contributed by atoms with Gasteiger partial charge in [-0.15, -0.1) is 11.3 Å². The number of carbonyl (C=O) groups is 1. The van der Waals surface area contributed by atoms with E-state index in [2.05, 4.69) is 10.3 Å². The second kappa shape index (κ2) is 7.88.